The summed E-state index contributed by atoms with van der Waals surface area (Å²) in [7, 11) is 0. The molecule has 1 amide bonds. The summed E-state index contributed by atoms with van der Waals surface area (Å²) in [6.45, 7) is 8.95. The van der Waals surface area contributed by atoms with Gasteiger partial charge in [0.25, 0.3) is 5.91 Å². The van der Waals surface area contributed by atoms with E-state index < -0.39 is 6.10 Å². The fraction of sp³-hybridized carbons (Fsp3) is 0.296. The van der Waals surface area contributed by atoms with E-state index in [0.29, 0.717) is 24.5 Å². The van der Waals surface area contributed by atoms with E-state index in [2.05, 4.69) is 26.1 Å². The number of nitrogens with one attached hydrogen (secondary N) is 1. The van der Waals surface area contributed by atoms with Crippen molar-refractivity contribution in [2.75, 3.05) is 5.32 Å². The van der Waals surface area contributed by atoms with Gasteiger partial charge < -0.3 is 14.8 Å². The van der Waals surface area contributed by atoms with Crippen molar-refractivity contribution < 1.29 is 14.3 Å². The first-order valence-electron chi connectivity index (χ1n) is 10.7. The molecule has 0 heterocycles. The molecule has 0 aliphatic rings. The number of rotatable bonds is 8. The first kappa shape index (κ1) is 22.4. The average molecular weight is 418 g/mol. The van der Waals surface area contributed by atoms with Gasteiger partial charge in [-0.1, -0.05) is 70.2 Å². The lowest BCUT2D eigenvalue weighted by Gasteiger charge is -2.21. The second kappa shape index (κ2) is 10.2. The van der Waals surface area contributed by atoms with Crippen LogP contribution in [0.25, 0.3) is 0 Å². The molecule has 0 aliphatic heterocycles. The molecule has 0 fully saturated rings. The van der Waals surface area contributed by atoms with E-state index in [1.54, 1.807) is 0 Å². The molecular formula is C27H31NO3. The van der Waals surface area contributed by atoms with Crippen molar-refractivity contribution in [1.29, 1.82) is 0 Å². The van der Waals surface area contributed by atoms with E-state index in [-0.39, 0.29) is 11.3 Å². The fourth-order valence-electron chi connectivity index (χ4n) is 3.12. The van der Waals surface area contributed by atoms with Crippen LogP contribution in [0.3, 0.4) is 0 Å². The minimum absolute atomic E-state index is 0.0804. The molecule has 0 bridgehead atoms. The van der Waals surface area contributed by atoms with Crippen LogP contribution in [-0.2, 0) is 16.8 Å². The summed E-state index contributed by atoms with van der Waals surface area (Å²) in [5.74, 6) is 1.28. The SMILES string of the molecule is CC[C@H](Oc1ccc(C(C)(C)C)cc1)C(=O)Nc1ccc(OCc2ccccc2)cc1. The van der Waals surface area contributed by atoms with Crippen LogP contribution in [0, 0.1) is 0 Å². The van der Waals surface area contributed by atoms with E-state index >= 15 is 0 Å². The molecule has 1 atom stereocenters. The van der Waals surface area contributed by atoms with E-state index in [0.717, 1.165) is 11.3 Å². The summed E-state index contributed by atoms with van der Waals surface area (Å²) >= 11 is 0. The van der Waals surface area contributed by atoms with Crippen LogP contribution in [0.15, 0.2) is 78.9 Å². The molecule has 3 aromatic rings. The van der Waals surface area contributed by atoms with Crippen LogP contribution < -0.4 is 14.8 Å². The van der Waals surface area contributed by atoms with Gasteiger partial charge in [-0.15, -0.1) is 0 Å². The van der Waals surface area contributed by atoms with Gasteiger partial charge in [0.2, 0.25) is 0 Å². The van der Waals surface area contributed by atoms with Gasteiger partial charge in [-0.3, -0.25) is 4.79 Å². The molecule has 3 rings (SSSR count). The molecule has 162 valence electrons. The maximum atomic E-state index is 12.7. The van der Waals surface area contributed by atoms with Crippen molar-refractivity contribution >= 4 is 11.6 Å². The number of hydrogen-bond donors (Lipinski definition) is 1. The smallest absolute Gasteiger partial charge is 0.265 e. The molecule has 4 nitrogen and oxygen atoms in total. The van der Waals surface area contributed by atoms with Gasteiger partial charge in [0.05, 0.1) is 0 Å². The second-order valence-electron chi connectivity index (χ2n) is 8.58. The number of amides is 1. The Balaban J connectivity index is 1.55. The third-order valence-corrected chi connectivity index (χ3v) is 5.03. The van der Waals surface area contributed by atoms with Crippen LogP contribution in [0.1, 0.15) is 45.2 Å². The number of benzene rings is 3. The van der Waals surface area contributed by atoms with Crippen LogP contribution >= 0.6 is 0 Å². The van der Waals surface area contributed by atoms with Gasteiger partial charge in [-0.2, -0.15) is 0 Å². The summed E-state index contributed by atoms with van der Waals surface area (Å²) in [5.41, 5.74) is 3.13. The molecule has 1 N–H and O–H groups in total. The van der Waals surface area contributed by atoms with Gasteiger partial charge >= 0.3 is 0 Å². The number of carbonyl (C=O) groups is 1. The third-order valence-electron chi connectivity index (χ3n) is 5.03. The minimum atomic E-state index is -0.561. The highest BCUT2D eigenvalue weighted by atomic mass is 16.5. The van der Waals surface area contributed by atoms with Crippen molar-refractivity contribution in [2.45, 2.75) is 52.2 Å². The molecule has 0 spiro atoms. The number of ether oxygens (including phenoxy) is 2. The third kappa shape index (κ3) is 6.61. The summed E-state index contributed by atoms with van der Waals surface area (Å²) in [6, 6.07) is 25.3. The van der Waals surface area contributed by atoms with Crippen molar-refractivity contribution in [3.05, 3.63) is 90.0 Å². The molecule has 0 aliphatic carbocycles. The Morgan fingerprint density at radius 2 is 1.48 bits per heavy atom. The fourth-order valence-corrected chi connectivity index (χ4v) is 3.12. The minimum Gasteiger partial charge on any atom is -0.489 e. The molecule has 0 saturated heterocycles. The van der Waals surface area contributed by atoms with Crippen molar-refractivity contribution in [1.82, 2.24) is 0 Å². The molecule has 4 heteroatoms. The van der Waals surface area contributed by atoms with E-state index in [1.807, 2.05) is 85.8 Å². The predicted molar refractivity (Wildman–Crippen MR) is 126 cm³/mol. The molecular weight excluding hydrogens is 386 g/mol. The molecule has 0 saturated carbocycles. The Labute approximate surface area is 185 Å². The van der Waals surface area contributed by atoms with Gasteiger partial charge in [-0.05, 0) is 59.4 Å². The standard InChI is InChI=1S/C27H31NO3/c1-5-25(31-24-15-11-21(12-16-24)27(2,3)4)26(29)28-22-13-17-23(18-14-22)30-19-20-9-7-6-8-10-20/h6-18,25H,5,19H2,1-4H3,(H,28,29)/t25-/m0/s1. The Bertz CT molecular complexity index is 958. The Morgan fingerprint density at radius 1 is 0.871 bits per heavy atom. The lowest BCUT2D eigenvalue weighted by Crippen LogP contribution is -2.32. The first-order valence-corrected chi connectivity index (χ1v) is 10.7. The van der Waals surface area contributed by atoms with E-state index in [1.165, 1.54) is 5.56 Å². The quantitative estimate of drug-likeness (QED) is 0.464. The maximum absolute atomic E-state index is 12.7. The largest absolute Gasteiger partial charge is 0.489 e. The van der Waals surface area contributed by atoms with Gasteiger partial charge in [-0.25, -0.2) is 0 Å². The maximum Gasteiger partial charge on any atom is 0.265 e. The lowest BCUT2D eigenvalue weighted by atomic mass is 9.87. The molecule has 0 unspecified atom stereocenters. The van der Waals surface area contributed by atoms with E-state index in [4.69, 9.17) is 9.47 Å². The second-order valence-corrected chi connectivity index (χ2v) is 8.58. The summed E-state index contributed by atoms with van der Waals surface area (Å²) in [6.07, 6.45) is 0.0139. The number of hydrogen-bond acceptors (Lipinski definition) is 3. The Kier molecular flexibility index (Phi) is 7.35. The van der Waals surface area contributed by atoms with Crippen LogP contribution in [0.5, 0.6) is 11.5 Å². The van der Waals surface area contributed by atoms with Crippen LogP contribution in [0.2, 0.25) is 0 Å². The zero-order chi connectivity index (χ0) is 22.3. The number of anilines is 1. The highest BCUT2D eigenvalue weighted by Crippen LogP contribution is 2.25. The van der Waals surface area contributed by atoms with Crippen molar-refractivity contribution in [3.63, 3.8) is 0 Å². The van der Waals surface area contributed by atoms with Crippen molar-refractivity contribution in [3.8, 4) is 11.5 Å². The van der Waals surface area contributed by atoms with Gasteiger partial charge in [0.15, 0.2) is 6.10 Å². The van der Waals surface area contributed by atoms with Crippen LogP contribution in [0.4, 0.5) is 5.69 Å². The van der Waals surface area contributed by atoms with Gasteiger partial charge in [0.1, 0.15) is 18.1 Å². The number of carbonyl (C=O) groups excluding carboxylic acids is 1. The first-order chi connectivity index (χ1) is 14.8. The Hall–Kier alpha value is -3.27. The summed E-state index contributed by atoms with van der Waals surface area (Å²) in [5, 5.41) is 2.93. The summed E-state index contributed by atoms with van der Waals surface area (Å²) in [4.78, 5) is 12.7. The van der Waals surface area contributed by atoms with Crippen LogP contribution in [-0.4, -0.2) is 12.0 Å². The van der Waals surface area contributed by atoms with Gasteiger partial charge in [0, 0.05) is 5.69 Å². The molecule has 0 aromatic heterocycles. The highest BCUT2D eigenvalue weighted by molar-refractivity contribution is 5.94. The topological polar surface area (TPSA) is 47.6 Å². The lowest BCUT2D eigenvalue weighted by molar-refractivity contribution is -0.122. The summed E-state index contributed by atoms with van der Waals surface area (Å²) < 4.78 is 11.7. The molecule has 31 heavy (non-hydrogen) atoms. The predicted octanol–water partition coefficient (Wildman–Crippen LogP) is 6.36. The zero-order valence-electron chi connectivity index (χ0n) is 18.7. The Morgan fingerprint density at radius 3 is 2.06 bits per heavy atom. The van der Waals surface area contributed by atoms with E-state index in [9.17, 15) is 4.79 Å². The average Bonchev–Trinajstić information content (AvgIpc) is 2.77. The molecule has 0 radical (unpaired) electrons. The zero-order valence-corrected chi connectivity index (χ0v) is 18.7. The monoisotopic (exact) mass is 417 g/mol. The highest BCUT2D eigenvalue weighted by Gasteiger charge is 2.19. The normalized spacial score (nSPS) is 12.1. The molecule has 3 aromatic carbocycles. The van der Waals surface area contributed by atoms with Crippen molar-refractivity contribution in [2.24, 2.45) is 0 Å².